The monoisotopic (exact) mass is 324 g/mol. The number of amides is 2. The highest BCUT2D eigenvalue weighted by atomic mass is 16.5. The minimum Gasteiger partial charge on any atom is -0.484 e. The normalized spacial score (nSPS) is 12.9. The van der Waals surface area contributed by atoms with Gasteiger partial charge in [-0.2, -0.15) is 0 Å². The lowest BCUT2D eigenvalue weighted by atomic mass is 10.1. The topological polar surface area (TPSA) is 58.6 Å². The van der Waals surface area contributed by atoms with Crippen molar-refractivity contribution in [2.24, 2.45) is 0 Å². The number of ether oxygens (including phenoxy) is 1. The maximum atomic E-state index is 11.9. The van der Waals surface area contributed by atoms with Gasteiger partial charge in [-0.3, -0.25) is 9.59 Å². The lowest BCUT2D eigenvalue weighted by Crippen LogP contribution is -2.28. The molecule has 0 unspecified atom stereocenters. The maximum Gasteiger partial charge on any atom is 0.258 e. The van der Waals surface area contributed by atoms with Crippen LogP contribution >= 0.6 is 0 Å². The summed E-state index contributed by atoms with van der Waals surface area (Å²) in [5.74, 6) is 0.594. The Morgan fingerprint density at radius 3 is 2.71 bits per heavy atom. The Morgan fingerprint density at radius 1 is 1.21 bits per heavy atom. The lowest BCUT2D eigenvalue weighted by Gasteiger charge is -2.11. The van der Waals surface area contributed by atoms with E-state index in [2.05, 4.69) is 5.32 Å². The van der Waals surface area contributed by atoms with E-state index in [0.717, 1.165) is 22.4 Å². The molecule has 2 aromatic carbocycles. The molecule has 0 saturated carbocycles. The summed E-state index contributed by atoms with van der Waals surface area (Å²) in [5, 5.41) is 2.83. The van der Waals surface area contributed by atoms with Gasteiger partial charge in [-0.15, -0.1) is 0 Å². The highest BCUT2D eigenvalue weighted by Gasteiger charge is 2.23. The Morgan fingerprint density at radius 2 is 1.96 bits per heavy atom. The number of benzene rings is 2. The van der Waals surface area contributed by atoms with Crippen LogP contribution in [0.3, 0.4) is 0 Å². The number of rotatable bonds is 5. The average molecular weight is 324 g/mol. The van der Waals surface area contributed by atoms with Crippen LogP contribution in [-0.2, 0) is 22.6 Å². The minimum absolute atomic E-state index is 0.0186. The highest BCUT2D eigenvalue weighted by Crippen LogP contribution is 2.28. The first kappa shape index (κ1) is 16.1. The van der Waals surface area contributed by atoms with Crippen LogP contribution in [0.25, 0.3) is 0 Å². The molecule has 0 aliphatic carbocycles. The fraction of sp³-hybridized carbons (Fsp3) is 0.263. The van der Waals surface area contributed by atoms with Gasteiger partial charge in [0.15, 0.2) is 6.61 Å². The van der Waals surface area contributed by atoms with E-state index >= 15 is 0 Å². The van der Waals surface area contributed by atoms with Crippen LogP contribution < -0.4 is 15.0 Å². The fourth-order valence-electron chi connectivity index (χ4n) is 2.67. The van der Waals surface area contributed by atoms with Crippen molar-refractivity contribution in [3.8, 4) is 5.75 Å². The zero-order valence-electron chi connectivity index (χ0n) is 13.8. The third kappa shape index (κ3) is 3.56. The molecule has 0 bridgehead atoms. The molecule has 0 fully saturated rings. The number of carbonyl (C=O) groups excluding carboxylic acids is 2. The number of hydrogen-bond donors (Lipinski definition) is 1. The number of nitrogens with zero attached hydrogens (tertiary/aromatic N) is 1. The van der Waals surface area contributed by atoms with Crippen molar-refractivity contribution in [2.75, 3.05) is 18.6 Å². The van der Waals surface area contributed by atoms with E-state index in [1.54, 1.807) is 11.9 Å². The molecule has 5 heteroatoms. The third-order valence-corrected chi connectivity index (χ3v) is 4.10. The molecule has 2 aromatic rings. The van der Waals surface area contributed by atoms with E-state index in [1.165, 1.54) is 0 Å². The van der Waals surface area contributed by atoms with Crippen LogP contribution in [0.5, 0.6) is 5.75 Å². The van der Waals surface area contributed by atoms with Crippen LogP contribution in [-0.4, -0.2) is 25.5 Å². The zero-order valence-corrected chi connectivity index (χ0v) is 13.8. The van der Waals surface area contributed by atoms with Gasteiger partial charge in [-0.1, -0.05) is 29.8 Å². The first-order valence-electron chi connectivity index (χ1n) is 7.87. The van der Waals surface area contributed by atoms with E-state index in [1.807, 2.05) is 49.4 Å². The van der Waals surface area contributed by atoms with E-state index in [-0.39, 0.29) is 18.4 Å². The maximum absolute atomic E-state index is 11.9. The van der Waals surface area contributed by atoms with Crippen molar-refractivity contribution >= 4 is 17.5 Å². The van der Waals surface area contributed by atoms with Gasteiger partial charge in [-0.05, 0) is 36.2 Å². The predicted molar refractivity (Wildman–Crippen MR) is 92.1 cm³/mol. The molecule has 5 nitrogen and oxygen atoms in total. The second-order valence-electron chi connectivity index (χ2n) is 5.97. The summed E-state index contributed by atoms with van der Waals surface area (Å²) in [6.07, 6.45) is 0.421. The number of nitrogens with one attached hydrogen (secondary N) is 1. The molecular weight excluding hydrogens is 304 g/mol. The van der Waals surface area contributed by atoms with Gasteiger partial charge in [0.2, 0.25) is 5.91 Å². The molecule has 1 N–H and O–H groups in total. The Kier molecular flexibility index (Phi) is 4.51. The number of likely N-dealkylation sites (N-methyl/N-ethyl adjacent to an activating group) is 1. The number of anilines is 1. The van der Waals surface area contributed by atoms with Gasteiger partial charge < -0.3 is 15.0 Å². The molecule has 124 valence electrons. The van der Waals surface area contributed by atoms with Crippen LogP contribution in [0.4, 0.5) is 5.69 Å². The summed E-state index contributed by atoms with van der Waals surface area (Å²) in [5.41, 5.74) is 4.07. The van der Waals surface area contributed by atoms with Crippen molar-refractivity contribution < 1.29 is 14.3 Å². The average Bonchev–Trinajstić information content (AvgIpc) is 2.86. The second-order valence-corrected chi connectivity index (χ2v) is 5.97. The van der Waals surface area contributed by atoms with Gasteiger partial charge in [0.1, 0.15) is 5.75 Å². The quantitative estimate of drug-likeness (QED) is 0.917. The molecule has 1 aliphatic heterocycles. The van der Waals surface area contributed by atoms with E-state index in [9.17, 15) is 9.59 Å². The Labute approximate surface area is 141 Å². The minimum atomic E-state index is -0.177. The smallest absolute Gasteiger partial charge is 0.258 e. The van der Waals surface area contributed by atoms with Gasteiger partial charge in [-0.25, -0.2) is 0 Å². The summed E-state index contributed by atoms with van der Waals surface area (Å²) >= 11 is 0. The van der Waals surface area contributed by atoms with Crippen molar-refractivity contribution in [1.29, 1.82) is 0 Å². The van der Waals surface area contributed by atoms with Crippen LogP contribution in [0.2, 0.25) is 0 Å². The molecule has 1 aliphatic rings. The third-order valence-electron chi connectivity index (χ3n) is 4.10. The molecule has 0 atom stereocenters. The van der Waals surface area contributed by atoms with Crippen LogP contribution in [0.1, 0.15) is 16.7 Å². The van der Waals surface area contributed by atoms with Crippen LogP contribution in [0, 0.1) is 6.92 Å². The van der Waals surface area contributed by atoms with Gasteiger partial charge in [0.25, 0.3) is 5.91 Å². The first-order valence-corrected chi connectivity index (χ1v) is 7.87. The van der Waals surface area contributed by atoms with E-state index in [0.29, 0.717) is 18.7 Å². The standard InChI is InChI=1S/C19H20N2O3/c1-13-3-6-16(7-4-13)24-12-18(22)20-11-14-5-8-17-15(9-14)10-19(23)21(17)2/h3-9H,10-12H2,1-2H3,(H,20,22). The van der Waals surface area contributed by atoms with Crippen molar-refractivity contribution in [3.63, 3.8) is 0 Å². The zero-order chi connectivity index (χ0) is 17.1. The lowest BCUT2D eigenvalue weighted by molar-refractivity contribution is -0.123. The van der Waals surface area contributed by atoms with Crippen molar-refractivity contribution in [1.82, 2.24) is 5.32 Å². The molecule has 3 rings (SSSR count). The Hall–Kier alpha value is -2.82. The molecule has 24 heavy (non-hydrogen) atoms. The van der Waals surface area contributed by atoms with Crippen molar-refractivity contribution in [2.45, 2.75) is 19.9 Å². The first-order chi connectivity index (χ1) is 11.5. The molecule has 0 spiro atoms. The highest BCUT2D eigenvalue weighted by molar-refractivity contribution is 6.00. The SMILES string of the molecule is Cc1ccc(OCC(=O)NCc2ccc3c(c2)CC(=O)N3C)cc1. The summed E-state index contributed by atoms with van der Waals surface area (Å²) < 4.78 is 5.45. The van der Waals surface area contributed by atoms with E-state index < -0.39 is 0 Å². The molecule has 0 radical (unpaired) electrons. The van der Waals surface area contributed by atoms with Crippen molar-refractivity contribution in [3.05, 3.63) is 59.2 Å². The molecule has 0 saturated heterocycles. The molecular formula is C19H20N2O3. The number of hydrogen-bond acceptors (Lipinski definition) is 3. The number of carbonyl (C=O) groups is 2. The van der Waals surface area contributed by atoms with Gasteiger partial charge in [0, 0.05) is 19.3 Å². The predicted octanol–water partition coefficient (Wildman–Crippen LogP) is 2.21. The fourth-order valence-corrected chi connectivity index (χ4v) is 2.67. The molecule has 0 aromatic heterocycles. The largest absolute Gasteiger partial charge is 0.484 e. The summed E-state index contributed by atoms with van der Waals surface area (Å²) in [7, 11) is 1.78. The summed E-state index contributed by atoms with van der Waals surface area (Å²) in [6.45, 7) is 2.40. The second kappa shape index (κ2) is 6.74. The van der Waals surface area contributed by atoms with E-state index in [4.69, 9.17) is 4.74 Å². The summed E-state index contributed by atoms with van der Waals surface area (Å²) in [4.78, 5) is 25.2. The van der Waals surface area contributed by atoms with Gasteiger partial charge in [0.05, 0.1) is 6.42 Å². The number of fused-ring (bicyclic) bond motifs is 1. The molecule has 1 heterocycles. The van der Waals surface area contributed by atoms with Crippen LogP contribution in [0.15, 0.2) is 42.5 Å². The molecule has 2 amide bonds. The van der Waals surface area contributed by atoms with Gasteiger partial charge >= 0.3 is 0 Å². The number of aryl methyl sites for hydroxylation is 1. The Balaban J connectivity index is 1.51. The Bertz CT molecular complexity index is 769. The summed E-state index contributed by atoms with van der Waals surface area (Å²) in [6, 6.07) is 13.4.